The standard InChI is InChI=1S/C23H22Cl2N2O5S/c1-31-21-9-8-19(14-22(21)32-2)33(29,30)27-20(10-15-6-4-3-5-7-15)23(28)26-18-12-16(24)11-17(25)13-18/h3-9,11-14,20,27H,10H2,1-2H3,(H,26,28)/t20-/m0/s1. The molecule has 3 aromatic rings. The maximum Gasteiger partial charge on any atom is 0.242 e. The van der Waals surface area contributed by atoms with Gasteiger partial charge in [-0.05, 0) is 42.3 Å². The highest BCUT2D eigenvalue weighted by atomic mass is 35.5. The summed E-state index contributed by atoms with van der Waals surface area (Å²) in [6.07, 6.45) is 0.119. The van der Waals surface area contributed by atoms with Crippen LogP contribution in [0.2, 0.25) is 10.0 Å². The Labute approximate surface area is 202 Å². The van der Waals surface area contributed by atoms with E-state index in [-0.39, 0.29) is 17.1 Å². The molecule has 0 saturated carbocycles. The van der Waals surface area contributed by atoms with Crippen molar-refractivity contribution in [3.8, 4) is 11.5 Å². The first kappa shape index (κ1) is 24.9. The van der Waals surface area contributed by atoms with E-state index < -0.39 is 22.0 Å². The number of halogens is 2. The normalized spacial score (nSPS) is 12.1. The average molecular weight is 509 g/mol. The van der Waals surface area contributed by atoms with E-state index in [1.165, 1.54) is 50.6 Å². The molecule has 0 aliphatic rings. The Morgan fingerprint density at radius 1 is 0.909 bits per heavy atom. The third-order valence-corrected chi connectivity index (χ3v) is 6.60. The number of ether oxygens (including phenoxy) is 2. The summed E-state index contributed by atoms with van der Waals surface area (Å²) in [5, 5.41) is 3.35. The largest absolute Gasteiger partial charge is 0.493 e. The van der Waals surface area contributed by atoms with Crippen molar-refractivity contribution in [1.82, 2.24) is 4.72 Å². The molecule has 33 heavy (non-hydrogen) atoms. The van der Waals surface area contributed by atoms with Crippen molar-refractivity contribution < 1.29 is 22.7 Å². The predicted molar refractivity (Wildman–Crippen MR) is 129 cm³/mol. The van der Waals surface area contributed by atoms with Crippen molar-refractivity contribution >= 4 is 44.8 Å². The molecule has 0 radical (unpaired) electrons. The van der Waals surface area contributed by atoms with Gasteiger partial charge in [-0.2, -0.15) is 4.72 Å². The van der Waals surface area contributed by atoms with Crippen LogP contribution in [0.15, 0.2) is 71.6 Å². The number of carbonyl (C=O) groups excluding carboxylic acids is 1. The molecule has 3 aromatic carbocycles. The van der Waals surface area contributed by atoms with Crippen molar-refractivity contribution in [2.75, 3.05) is 19.5 Å². The van der Waals surface area contributed by atoms with Gasteiger partial charge in [-0.25, -0.2) is 8.42 Å². The van der Waals surface area contributed by atoms with Crippen LogP contribution >= 0.6 is 23.2 Å². The van der Waals surface area contributed by atoms with Gasteiger partial charge >= 0.3 is 0 Å². The Kier molecular flexibility index (Phi) is 8.20. The Morgan fingerprint density at radius 3 is 2.15 bits per heavy atom. The number of methoxy groups -OCH3 is 2. The zero-order valence-electron chi connectivity index (χ0n) is 17.8. The summed E-state index contributed by atoms with van der Waals surface area (Å²) in [6, 6.07) is 16.7. The maximum absolute atomic E-state index is 13.1. The molecule has 3 rings (SSSR count). The van der Waals surface area contributed by atoms with Crippen LogP contribution in [0, 0.1) is 0 Å². The zero-order valence-corrected chi connectivity index (χ0v) is 20.2. The molecule has 0 saturated heterocycles. The number of benzene rings is 3. The van der Waals surface area contributed by atoms with E-state index in [9.17, 15) is 13.2 Å². The molecule has 2 N–H and O–H groups in total. The lowest BCUT2D eigenvalue weighted by Gasteiger charge is -2.19. The molecule has 0 fully saturated rings. The molecule has 0 aromatic heterocycles. The van der Waals surface area contributed by atoms with Gasteiger partial charge in [0.05, 0.1) is 19.1 Å². The Morgan fingerprint density at radius 2 is 1.55 bits per heavy atom. The molecule has 0 aliphatic carbocycles. The van der Waals surface area contributed by atoms with Crippen LogP contribution < -0.4 is 19.5 Å². The molecule has 1 amide bonds. The fraction of sp³-hybridized carbons (Fsp3) is 0.174. The van der Waals surface area contributed by atoms with Crippen molar-refractivity contribution in [3.05, 3.63) is 82.3 Å². The first-order valence-corrected chi connectivity index (χ1v) is 12.0. The third kappa shape index (κ3) is 6.61. The van der Waals surface area contributed by atoms with Crippen LogP contribution in [0.3, 0.4) is 0 Å². The molecule has 10 heteroatoms. The summed E-state index contributed by atoms with van der Waals surface area (Å²) in [6.45, 7) is 0. The minimum Gasteiger partial charge on any atom is -0.493 e. The minimum atomic E-state index is -4.09. The first-order chi connectivity index (χ1) is 15.7. The van der Waals surface area contributed by atoms with E-state index in [2.05, 4.69) is 10.0 Å². The number of amides is 1. The van der Waals surface area contributed by atoms with E-state index >= 15 is 0 Å². The lowest BCUT2D eigenvalue weighted by molar-refractivity contribution is -0.117. The van der Waals surface area contributed by atoms with Gasteiger partial charge in [-0.15, -0.1) is 0 Å². The van der Waals surface area contributed by atoms with Gasteiger partial charge in [0, 0.05) is 21.8 Å². The van der Waals surface area contributed by atoms with Crippen LogP contribution in [0.1, 0.15) is 5.56 Å². The highest BCUT2D eigenvalue weighted by Gasteiger charge is 2.27. The Hall–Kier alpha value is -2.78. The summed E-state index contributed by atoms with van der Waals surface area (Å²) in [4.78, 5) is 13.0. The second-order valence-corrected chi connectivity index (χ2v) is 9.61. The monoisotopic (exact) mass is 508 g/mol. The number of carbonyl (C=O) groups is 1. The zero-order chi connectivity index (χ0) is 24.0. The number of hydrogen-bond donors (Lipinski definition) is 2. The molecule has 0 aliphatic heterocycles. The summed E-state index contributed by atoms with van der Waals surface area (Å²) in [5.74, 6) is 0.0621. The van der Waals surface area contributed by atoms with Crippen molar-refractivity contribution in [2.24, 2.45) is 0 Å². The average Bonchev–Trinajstić information content (AvgIpc) is 2.78. The van der Waals surface area contributed by atoms with Gasteiger partial charge < -0.3 is 14.8 Å². The summed E-state index contributed by atoms with van der Waals surface area (Å²) >= 11 is 12.0. The topological polar surface area (TPSA) is 93.7 Å². The Bertz CT molecular complexity index is 1220. The SMILES string of the molecule is COc1ccc(S(=O)(=O)N[C@@H](Cc2ccccc2)C(=O)Nc2cc(Cl)cc(Cl)c2)cc1OC. The lowest BCUT2D eigenvalue weighted by atomic mass is 10.1. The molecular weight excluding hydrogens is 487 g/mol. The van der Waals surface area contributed by atoms with E-state index in [0.717, 1.165) is 5.56 Å². The fourth-order valence-electron chi connectivity index (χ4n) is 3.13. The number of anilines is 1. The van der Waals surface area contributed by atoms with E-state index in [0.29, 0.717) is 21.5 Å². The van der Waals surface area contributed by atoms with Gasteiger partial charge in [-0.1, -0.05) is 53.5 Å². The summed E-state index contributed by atoms with van der Waals surface area (Å²) < 4.78 is 39.1. The van der Waals surface area contributed by atoms with E-state index in [4.69, 9.17) is 32.7 Å². The van der Waals surface area contributed by atoms with Crippen LogP contribution in [0.4, 0.5) is 5.69 Å². The van der Waals surface area contributed by atoms with Gasteiger partial charge in [0.1, 0.15) is 6.04 Å². The van der Waals surface area contributed by atoms with Crippen LogP contribution in [-0.4, -0.2) is 34.6 Å². The van der Waals surface area contributed by atoms with Gasteiger partial charge in [0.15, 0.2) is 11.5 Å². The van der Waals surface area contributed by atoms with Crippen LogP contribution in [0.5, 0.6) is 11.5 Å². The number of sulfonamides is 1. The predicted octanol–water partition coefficient (Wildman–Crippen LogP) is 4.54. The van der Waals surface area contributed by atoms with Crippen LogP contribution in [0.25, 0.3) is 0 Å². The summed E-state index contributed by atoms with van der Waals surface area (Å²) in [5.41, 5.74) is 1.12. The summed E-state index contributed by atoms with van der Waals surface area (Å²) in [7, 11) is -1.23. The minimum absolute atomic E-state index is 0.0724. The molecule has 0 spiro atoms. The fourth-order valence-corrected chi connectivity index (χ4v) is 4.87. The van der Waals surface area contributed by atoms with Gasteiger partial charge in [0.25, 0.3) is 0 Å². The Balaban J connectivity index is 1.91. The molecule has 1 atom stereocenters. The molecule has 0 heterocycles. The second kappa shape index (κ2) is 10.9. The number of nitrogens with one attached hydrogen (secondary N) is 2. The molecule has 0 bridgehead atoms. The highest BCUT2D eigenvalue weighted by Crippen LogP contribution is 2.29. The van der Waals surface area contributed by atoms with E-state index in [1.807, 2.05) is 18.2 Å². The molecular formula is C23H22Cl2N2O5S. The van der Waals surface area contributed by atoms with Gasteiger partial charge in [0.2, 0.25) is 15.9 Å². The van der Waals surface area contributed by atoms with Crippen molar-refractivity contribution in [2.45, 2.75) is 17.4 Å². The second-order valence-electron chi connectivity index (χ2n) is 7.03. The number of hydrogen-bond acceptors (Lipinski definition) is 5. The lowest BCUT2D eigenvalue weighted by Crippen LogP contribution is -2.45. The van der Waals surface area contributed by atoms with Gasteiger partial charge in [-0.3, -0.25) is 4.79 Å². The smallest absolute Gasteiger partial charge is 0.242 e. The maximum atomic E-state index is 13.1. The van der Waals surface area contributed by atoms with Crippen LogP contribution in [-0.2, 0) is 21.2 Å². The molecule has 174 valence electrons. The van der Waals surface area contributed by atoms with E-state index in [1.54, 1.807) is 12.1 Å². The highest BCUT2D eigenvalue weighted by molar-refractivity contribution is 7.89. The molecule has 0 unspecified atom stereocenters. The third-order valence-electron chi connectivity index (χ3n) is 4.69. The van der Waals surface area contributed by atoms with Crippen molar-refractivity contribution in [1.29, 1.82) is 0 Å². The number of rotatable bonds is 9. The first-order valence-electron chi connectivity index (χ1n) is 9.77. The molecule has 7 nitrogen and oxygen atoms in total. The quantitative estimate of drug-likeness (QED) is 0.442. The van der Waals surface area contributed by atoms with Crippen molar-refractivity contribution in [3.63, 3.8) is 0 Å².